The summed E-state index contributed by atoms with van der Waals surface area (Å²) in [5, 5.41) is 0.727. The van der Waals surface area contributed by atoms with E-state index < -0.39 is 11.6 Å². The van der Waals surface area contributed by atoms with E-state index in [1.165, 1.54) is 12.5 Å². The highest BCUT2D eigenvalue weighted by atomic mass is 127. The second-order valence-electron chi connectivity index (χ2n) is 7.81. The van der Waals surface area contributed by atoms with E-state index in [-0.39, 0.29) is 25.4 Å². The minimum Gasteiger partial charge on any atom is -0.498 e. The topological polar surface area (TPSA) is 76.1 Å². The van der Waals surface area contributed by atoms with E-state index >= 15 is 0 Å². The number of hydrogen-bond acceptors (Lipinski definition) is 7. The zero-order valence-corrected chi connectivity index (χ0v) is 21.9. The molecule has 0 fully saturated rings. The van der Waals surface area contributed by atoms with Gasteiger partial charge in [-0.25, -0.2) is 4.79 Å². The van der Waals surface area contributed by atoms with E-state index in [0.29, 0.717) is 23.6 Å². The maximum Gasteiger partial charge on any atom is 0.343 e. The Balaban J connectivity index is 2.06. The van der Waals surface area contributed by atoms with Crippen LogP contribution in [0.25, 0.3) is 10.9 Å². The van der Waals surface area contributed by atoms with Crippen LogP contribution in [0.15, 0.2) is 74.3 Å². The van der Waals surface area contributed by atoms with Crippen LogP contribution >= 0.6 is 22.6 Å². The summed E-state index contributed by atoms with van der Waals surface area (Å²) in [6.07, 6.45) is 4.34. The third-order valence-corrected chi connectivity index (χ3v) is 5.96. The second-order valence-corrected chi connectivity index (χ2v) is 8.97. The average Bonchev–Trinajstić information content (AvgIpc) is 2.85. The molecule has 2 aromatic carbocycles. The van der Waals surface area contributed by atoms with Crippen molar-refractivity contribution in [1.82, 2.24) is 4.98 Å². The van der Waals surface area contributed by atoms with Crippen molar-refractivity contribution in [3.05, 3.63) is 89.0 Å². The molecule has 0 aliphatic heterocycles. The summed E-state index contributed by atoms with van der Waals surface area (Å²) in [6.45, 7) is 11.8. The van der Waals surface area contributed by atoms with Gasteiger partial charge in [-0.2, -0.15) is 0 Å². The molecule has 0 aliphatic rings. The molecule has 8 heteroatoms. The van der Waals surface area contributed by atoms with Gasteiger partial charge in [-0.3, -0.25) is 4.98 Å². The van der Waals surface area contributed by atoms with Gasteiger partial charge in [0.15, 0.2) is 5.75 Å². The number of aromatic nitrogens is 1. The first-order valence-electron chi connectivity index (χ1n) is 11.0. The van der Waals surface area contributed by atoms with Crippen molar-refractivity contribution >= 4 is 39.5 Å². The lowest BCUT2D eigenvalue weighted by Gasteiger charge is -2.26. The number of rotatable bonds is 13. The van der Waals surface area contributed by atoms with E-state index in [0.717, 1.165) is 14.5 Å². The van der Waals surface area contributed by atoms with Crippen LogP contribution in [0.4, 0.5) is 0 Å². The fourth-order valence-corrected chi connectivity index (χ4v) is 4.08. The number of fused-ring (bicyclic) bond motifs is 1. The maximum atomic E-state index is 13.5. The zero-order chi connectivity index (χ0) is 25.3. The molecule has 1 heterocycles. The van der Waals surface area contributed by atoms with Gasteiger partial charge in [0.25, 0.3) is 0 Å². The standard InChI is InChI=1S/C27H28INO6/c1-5-31-14-16-33-22-18-20(26(30)35-27(3,4)19-10-8-7-9-11-19)25(34-17-15-32-6-2)24-23(22)21(28)12-13-29-24/h5-13,18H,1-2,14-17H2,3-4H3. The van der Waals surface area contributed by atoms with Crippen LogP contribution in [-0.2, 0) is 19.8 Å². The van der Waals surface area contributed by atoms with E-state index in [2.05, 4.69) is 40.7 Å². The van der Waals surface area contributed by atoms with Crippen LogP contribution in [0.1, 0.15) is 29.8 Å². The molecule has 1 aromatic heterocycles. The molecule has 0 spiro atoms. The van der Waals surface area contributed by atoms with E-state index in [9.17, 15) is 4.79 Å². The lowest BCUT2D eigenvalue weighted by molar-refractivity contribution is -0.00355. The molecule has 0 aliphatic carbocycles. The highest BCUT2D eigenvalue weighted by Gasteiger charge is 2.30. The summed E-state index contributed by atoms with van der Waals surface area (Å²) >= 11 is 2.20. The summed E-state index contributed by atoms with van der Waals surface area (Å²) in [5.74, 6) is 0.215. The fourth-order valence-electron chi connectivity index (χ4n) is 3.40. The molecule has 3 aromatic rings. The largest absolute Gasteiger partial charge is 0.498 e. The monoisotopic (exact) mass is 589 g/mol. The van der Waals surface area contributed by atoms with E-state index in [1.54, 1.807) is 12.3 Å². The predicted octanol–water partition coefficient (Wildman–Crippen LogP) is 6.01. The van der Waals surface area contributed by atoms with E-state index in [1.807, 2.05) is 50.2 Å². The molecule has 0 N–H and O–H groups in total. The molecule has 35 heavy (non-hydrogen) atoms. The molecule has 0 saturated carbocycles. The summed E-state index contributed by atoms with van der Waals surface area (Å²) in [5.41, 5.74) is 0.673. The third-order valence-electron chi connectivity index (χ3n) is 5.06. The van der Waals surface area contributed by atoms with Gasteiger partial charge in [0.05, 0.1) is 17.9 Å². The van der Waals surface area contributed by atoms with Crippen molar-refractivity contribution in [2.24, 2.45) is 0 Å². The predicted molar refractivity (Wildman–Crippen MR) is 143 cm³/mol. The Kier molecular flexibility index (Phi) is 9.36. The van der Waals surface area contributed by atoms with Crippen molar-refractivity contribution in [1.29, 1.82) is 0 Å². The highest BCUT2D eigenvalue weighted by molar-refractivity contribution is 14.1. The molecule has 0 radical (unpaired) electrons. The van der Waals surface area contributed by atoms with Crippen molar-refractivity contribution < 1.29 is 28.5 Å². The quantitative estimate of drug-likeness (QED) is 0.105. The first-order valence-corrected chi connectivity index (χ1v) is 12.1. The number of halogens is 1. The lowest BCUT2D eigenvalue weighted by Crippen LogP contribution is -2.26. The molecule has 3 rings (SSSR count). The number of nitrogens with zero attached hydrogens (tertiary/aromatic N) is 1. The number of carbonyl (C=O) groups is 1. The summed E-state index contributed by atoms with van der Waals surface area (Å²) in [6, 6.07) is 13.0. The fraction of sp³-hybridized carbons (Fsp3) is 0.259. The minimum absolute atomic E-state index is 0.185. The Morgan fingerprint density at radius 2 is 1.66 bits per heavy atom. The Labute approximate surface area is 218 Å². The molecule has 0 amide bonds. The minimum atomic E-state index is -0.881. The van der Waals surface area contributed by atoms with E-state index in [4.69, 9.17) is 23.7 Å². The van der Waals surface area contributed by atoms with Gasteiger partial charge in [-0.05, 0) is 54.1 Å². The number of esters is 1. The zero-order valence-electron chi connectivity index (χ0n) is 19.8. The van der Waals surface area contributed by atoms with Gasteiger partial charge < -0.3 is 23.7 Å². The third kappa shape index (κ3) is 6.66. The number of hydrogen-bond donors (Lipinski definition) is 0. The van der Waals surface area contributed by atoms with Crippen LogP contribution in [0.5, 0.6) is 11.5 Å². The Morgan fingerprint density at radius 3 is 2.31 bits per heavy atom. The van der Waals surface area contributed by atoms with Gasteiger partial charge in [0, 0.05) is 9.77 Å². The SMILES string of the molecule is C=COCCOc1c(C(=O)OC(C)(C)c2ccccc2)cc(OCCOC=C)c2c(I)ccnc12. The van der Waals surface area contributed by atoms with Crippen molar-refractivity contribution in [2.45, 2.75) is 19.4 Å². The summed E-state index contributed by atoms with van der Waals surface area (Å²) in [4.78, 5) is 18.0. The van der Waals surface area contributed by atoms with Crippen molar-refractivity contribution in [3.63, 3.8) is 0 Å². The smallest absolute Gasteiger partial charge is 0.343 e. The number of carbonyl (C=O) groups excluding carboxylic acids is 1. The lowest BCUT2D eigenvalue weighted by atomic mass is 9.98. The molecule has 0 atom stereocenters. The molecule has 0 bridgehead atoms. The van der Waals surface area contributed by atoms with Gasteiger partial charge in [-0.1, -0.05) is 43.5 Å². The Bertz CT molecular complexity index is 1180. The summed E-state index contributed by atoms with van der Waals surface area (Å²) < 4.78 is 29.2. The first kappa shape index (κ1) is 26.3. The second kappa shape index (κ2) is 12.4. The average molecular weight is 589 g/mol. The van der Waals surface area contributed by atoms with Crippen molar-refractivity contribution in [2.75, 3.05) is 26.4 Å². The number of ether oxygens (including phenoxy) is 5. The van der Waals surface area contributed by atoms with Gasteiger partial charge in [0.1, 0.15) is 48.9 Å². The molecular formula is C27H28INO6. The molecule has 0 saturated heterocycles. The van der Waals surface area contributed by atoms with Gasteiger partial charge >= 0.3 is 5.97 Å². The summed E-state index contributed by atoms with van der Waals surface area (Å²) in [7, 11) is 0. The molecule has 0 unspecified atom stereocenters. The van der Waals surface area contributed by atoms with Gasteiger partial charge in [-0.15, -0.1) is 0 Å². The van der Waals surface area contributed by atoms with Gasteiger partial charge in [0.2, 0.25) is 0 Å². The Hall–Kier alpha value is -3.27. The van der Waals surface area contributed by atoms with Crippen molar-refractivity contribution in [3.8, 4) is 11.5 Å². The van der Waals surface area contributed by atoms with Crippen LogP contribution in [0, 0.1) is 3.57 Å². The van der Waals surface area contributed by atoms with Crippen LogP contribution < -0.4 is 9.47 Å². The Morgan fingerprint density at radius 1 is 1.00 bits per heavy atom. The normalized spacial score (nSPS) is 10.9. The maximum absolute atomic E-state index is 13.5. The molecule has 184 valence electrons. The molecule has 7 nitrogen and oxygen atoms in total. The number of benzene rings is 2. The number of pyridine rings is 1. The molecular weight excluding hydrogens is 561 g/mol. The highest BCUT2D eigenvalue weighted by Crippen LogP contribution is 2.39. The van der Waals surface area contributed by atoms with Crippen LogP contribution in [0.2, 0.25) is 0 Å². The van der Waals surface area contributed by atoms with Crippen LogP contribution in [-0.4, -0.2) is 37.4 Å². The van der Waals surface area contributed by atoms with Crippen LogP contribution in [0.3, 0.4) is 0 Å². The first-order chi connectivity index (χ1) is 16.9.